The Balaban J connectivity index is 1.89. The Bertz CT molecular complexity index is 448. The highest BCUT2D eigenvalue weighted by molar-refractivity contribution is 5.96. The van der Waals surface area contributed by atoms with Crippen LogP contribution in [0.25, 0.3) is 0 Å². The zero-order chi connectivity index (χ0) is 14.4. The normalized spacial score (nSPS) is 17.2. The number of benzene rings is 1. The van der Waals surface area contributed by atoms with Crippen LogP contribution in [-0.4, -0.2) is 12.5 Å². The molecule has 1 fully saturated rings. The molecule has 110 valence electrons. The SMILES string of the molecule is Cc1ccc(N)cc1C(=O)NCC1CCCCCCC1. The molecule has 1 aliphatic carbocycles. The number of hydrogen-bond acceptors (Lipinski definition) is 2. The Morgan fingerprint density at radius 3 is 2.55 bits per heavy atom. The third-order valence-electron chi connectivity index (χ3n) is 4.28. The molecule has 0 heterocycles. The highest BCUT2D eigenvalue weighted by Gasteiger charge is 2.14. The molecular weight excluding hydrogens is 248 g/mol. The fraction of sp³-hybridized carbons (Fsp3) is 0.588. The maximum atomic E-state index is 12.2. The highest BCUT2D eigenvalue weighted by Crippen LogP contribution is 2.22. The average molecular weight is 274 g/mol. The van der Waals surface area contributed by atoms with E-state index in [9.17, 15) is 4.79 Å². The second-order valence-electron chi connectivity index (χ2n) is 6.00. The second kappa shape index (κ2) is 7.32. The summed E-state index contributed by atoms with van der Waals surface area (Å²) in [5, 5.41) is 3.09. The number of carbonyl (C=O) groups excluding carboxylic acids is 1. The van der Waals surface area contributed by atoms with Crippen molar-refractivity contribution in [2.24, 2.45) is 5.92 Å². The lowest BCUT2D eigenvalue weighted by molar-refractivity contribution is 0.0944. The standard InChI is InChI=1S/C17H26N2O/c1-13-9-10-15(18)11-16(13)17(20)19-12-14-7-5-3-2-4-6-8-14/h9-11,14H,2-8,12,18H2,1H3,(H,19,20). The van der Waals surface area contributed by atoms with E-state index in [0.29, 0.717) is 17.2 Å². The summed E-state index contributed by atoms with van der Waals surface area (Å²) in [6.45, 7) is 2.75. The molecule has 0 bridgehead atoms. The summed E-state index contributed by atoms with van der Waals surface area (Å²) in [6, 6.07) is 5.50. The molecule has 1 aliphatic rings. The number of aryl methyl sites for hydroxylation is 1. The summed E-state index contributed by atoms with van der Waals surface area (Å²) < 4.78 is 0. The van der Waals surface area contributed by atoms with Gasteiger partial charge in [0, 0.05) is 17.8 Å². The molecule has 0 aliphatic heterocycles. The summed E-state index contributed by atoms with van der Waals surface area (Å²) in [4.78, 5) is 12.2. The van der Waals surface area contributed by atoms with Gasteiger partial charge in [-0.2, -0.15) is 0 Å². The van der Waals surface area contributed by atoms with Crippen molar-refractivity contribution in [2.45, 2.75) is 51.9 Å². The second-order valence-corrected chi connectivity index (χ2v) is 6.00. The van der Waals surface area contributed by atoms with Crippen LogP contribution < -0.4 is 11.1 Å². The number of nitrogen functional groups attached to an aromatic ring is 1. The highest BCUT2D eigenvalue weighted by atomic mass is 16.1. The van der Waals surface area contributed by atoms with Gasteiger partial charge >= 0.3 is 0 Å². The average Bonchev–Trinajstić information content (AvgIpc) is 2.40. The van der Waals surface area contributed by atoms with Gasteiger partial charge in [-0.25, -0.2) is 0 Å². The number of hydrogen-bond donors (Lipinski definition) is 2. The third-order valence-corrected chi connectivity index (χ3v) is 4.28. The van der Waals surface area contributed by atoms with Crippen molar-refractivity contribution in [2.75, 3.05) is 12.3 Å². The molecule has 2 rings (SSSR count). The van der Waals surface area contributed by atoms with E-state index in [0.717, 1.165) is 12.1 Å². The third kappa shape index (κ3) is 4.26. The number of nitrogens with one attached hydrogen (secondary N) is 1. The zero-order valence-corrected chi connectivity index (χ0v) is 12.5. The van der Waals surface area contributed by atoms with E-state index >= 15 is 0 Å². The number of anilines is 1. The Labute approximate surface area is 121 Å². The fourth-order valence-electron chi connectivity index (χ4n) is 2.96. The van der Waals surface area contributed by atoms with Crippen molar-refractivity contribution in [3.63, 3.8) is 0 Å². The summed E-state index contributed by atoms with van der Waals surface area (Å²) in [7, 11) is 0. The Kier molecular flexibility index (Phi) is 5.45. The van der Waals surface area contributed by atoms with E-state index in [1.54, 1.807) is 6.07 Å². The van der Waals surface area contributed by atoms with Gasteiger partial charge in [-0.05, 0) is 43.4 Å². The van der Waals surface area contributed by atoms with E-state index in [1.165, 1.54) is 44.9 Å². The van der Waals surface area contributed by atoms with Crippen LogP contribution in [0.1, 0.15) is 60.9 Å². The van der Waals surface area contributed by atoms with Gasteiger partial charge in [-0.3, -0.25) is 4.79 Å². The Morgan fingerprint density at radius 1 is 1.20 bits per heavy atom. The molecule has 1 saturated carbocycles. The molecule has 0 atom stereocenters. The van der Waals surface area contributed by atoms with Crippen molar-refractivity contribution in [1.29, 1.82) is 0 Å². The first kappa shape index (κ1) is 14.9. The van der Waals surface area contributed by atoms with Crippen LogP contribution in [0, 0.1) is 12.8 Å². The molecule has 0 spiro atoms. The molecule has 3 heteroatoms. The molecule has 0 aromatic heterocycles. The first-order valence-electron chi connectivity index (χ1n) is 7.81. The largest absolute Gasteiger partial charge is 0.399 e. The van der Waals surface area contributed by atoms with Gasteiger partial charge in [0.15, 0.2) is 0 Å². The molecule has 3 nitrogen and oxygen atoms in total. The van der Waals surface area contributed by atoms with E-state index in [2.05, 4.69) is 5.32 Å². The van der Waals surface area contributed by atoms with Gasteiger partial charge in [0.1, 0.15) is 0 Å². The zero-order valence-electron chi connectivity index (χ0n) is 12.5. The van der Waals surface area contributed by atoms with Crippen molar-refractivity contribution < 1.29 is 4.79 Å². The molecule has 20 heavy (non-hydrogen) atoms. The number of nitrogens with two attached hydrogens (primary N) is 1. The van der Waals surface area contributed by atoms with Crippen LogP contribution in [-0.2, 0) is 0 Å². The van der Waals surface area contributed by atoms with Crippen LogP contribution in [0.5, 0.6) is 0 Å². The van der Waals surface area contributed by atoms with Gasteiger partial charge in [0.05, 0.1) is 0 Å². The summed E-state index contributed by atoms with van der Waals surface area (Å²) in [5.74, 6) is 0.650. The van der Waals surface area contributed by atoms with Gasteiger partial charge in [0.2, 0.25) is 0 Å². The molecule has 0 radical (unpaired) electrons. The number of rotatable bonds is 3. The number of amides is 1. The van der Waals surface area contributed by atoms with E-state index < -0.39 is 0 Å². The van der Waals surface area contributed by atoms with Crippen LogP contribution >= 0.6 is 0 Å². The van der Waals surface area contributed by atoms with E-state index in [4.69, 9.17) is 5.73 Å². The lowest BCUT2D eigenvalue weighted by Gasteiger charge is -2.20. The lowest BCUT2D eigenvalue weighted by Crippen LogP contribution is -2.30. The van der Waals surface area contributed by atoms with Crippen molar-refractivity contribution >= 4 is 11.6 Å². The van der Waals surface area contributed by atoms with Gasteiger partial charge in [-0.15, -0.1) is 0 Å². The predicted octanol–water partition coefficient (Wildman–Crippen LogP) is 3.67. The van der Waals surface area contributed by atoms with Crippen LogP contribution in [0.3, 0.4) is 0 Å². The molecule has 1 aromatic carbocycles. The topological polar surface area (TPSA) is 55.1 Å². The van der Waals surface area contributed by atoms with E-state index in [1.807, 2.05) is 19.1 Å². The van der Waals surface area contributed by atoms with Gasteiger partial charge < -0.3 is 11.1 Å². The number of carbonyl (C=O) groups is 1. The van der Waals surface area contributed by atoms with Crippen molar-refractivity contribution in [3.05, 3.63) is 29.3 Å². The fourth-order valence-corrected chi connectivity index (χ4v) is 2.96. The summed E-state index contributed by atoms with van der Waals surface area (Å²) in [6.07, 6.45) is 9.17. The van der Waals surface area contributed by atoms with Crippen molar-refractivity contribution in [3.8, 4) is 0 Å². The van der Waals surface area contributed by atoms with Crippen molar-refractivity contribution in [1.82, 2.24) is 5.32 Å². The quantitative estimate of drug-likeness (QED) is 0.826. The van der Waals surface area contributed by atoms with Gasteiger partial charge in [-0.1, -0.05) is 38.2 Å². The minimum Gasteiger partial charge on any atom is -0.399 e. The van der Waals surface area contributed by atoms with Crippen LogP contribution in [0.15, 0.2) is 18.2 Å². The molecule has 0 unspecified atom stereocenters. The van der Waals surface area contributed by atoms with Crippen LogP contribution in [0.4, 0.5) is 5.69 Å². The maximum absolute atomic E-state index is 12.2. The first-order valence-corrected chi connectivity index (χ1v) is 7.81. The van der Waals surface area contributed by atoms with Crippen LogP contribution in [0.2, 0.25) is 0 Å². The molecule has 3 N–H and O–H groups in total. The lowest BCUT2D eigenvalue weighted by atomic mass is 9.91. The Morgan fingerprint density at radius 2 is 1.85 bits per heavy atom. The minimum absolute atomic E-state index is 0.0110. The molecule has 1 aromatic rings. The monoisotopic (exact) mass is 274 g/mol. The van der Waals surface area contributed by atoms with E-state index in [-0.39, 0.29) is 5.91 Å². The van der Waals surface area contributed by atoms with Gasteiger partial charge in [0.25, 0.3) is 5.91 Å². The Hall–Kier alpha value is -1.51. The maximum Gasteiger partial charge on any atom is 0.251 e. The molecular formula is C17H26N2O. The molecule has 0 saturated heterocycles. The summed E-state index contributed by atoms with van der Waals surface area (Å²) in [5.41, 5.74) is 8.09. The minimum atomic E-state index is 0.0110. The first-order chi connectivity index (χ1) is 9.66. The summed E-state index contributed by atoms with van der Waals surface area (Å²) >= 11 is 0. The predicted molar refractivity (Wildman–Crippen MR) is 83.7 cm³/mol. The molecule has 1 amide bonds. The smallest absolute Gasteiger partial charge is 0.251 e.